The van der Waals surface area contributed by atoms with Crippen LogP contribution >= 0.6 is 11.3 Å². The zero-order valence-electron chi connectivity index (χ0n) is 16.6. The summed E-state index contributed by atoms with van der Waals surface area (Å²) in [6, 6.07) is 15.3. The molecule has 7 heteroatoms. The predicted molar refractivity (Wildman–Crippen MR) is 117 cm³/mol. The number of urea groups is 1. The molecule has 0 saturated carbocycles. The largest absolute Gasteiger partial charge is 0.322 e. The number of piperazine rings is 1. The van der Waals surface area contributed by atoms with Gasteiger partial charge in [-0.05, 0) is 50.2 Å². The number of hydrogen-bond donors (Lipinski definition) is 1. The van der Waals surface area contributed by atoms with Gasteiger partial charge in [0.05, 0.1) is 16.3 Å². The second kappa shape index (κ2) is 8.31. The summed E-state index contributed by atoms with van der Waals surface area (Å²) in [6.45, 7) is 6.69. The molecule has 3 aromatic rings. The molecule has 4 rings (SSSR count). The number of nitrogens with one attached hydrogen (secondary N) is 1. The molecular formula is C22H24N4O2S. The summed E-state index contributed by atoms with van der Waals surface area (Å²) in [5.74, 6) is 0.0150. The zero-order chi connectivity index (χ0) is 20.4. The summed E-state index contributed by atoms with van der Waals surface area (Å²) in [6.07, 6.45) is 0. The van der Waals surface area contributed by atoms with Crippen LogP contribution in [-0.4, -0.2) is 52.8 Å². The van der Waals surface area contributed by atoms with Crippen molar-refractivity contribution < 1.29 is 9.59 Å². The molecule has 1 atom stereocenters. The summed E-state index contributed by atoms with van der Waals surface area (Å²) >= 11 is 1.74. The number of amides is 2. The van der Waals surface area contributed by atoms with E-state index in [1.54, 1.807) is 35.6 Å². The number of fused-ring (bicyclic) bond motifs is 1. The monoisotopic (exact) mass is 408 g/mol. The van der Waals surface area contributed by atoms with Crippen molar-refractivity contribution in [3.05, 3.63) is 59.1 Å². The first kappa shape index (κ1) is 19.5. The second-order valence-electron chi connectivity index (χ2n) is 7.28. The Balaban J connectivity index is 1.33. The number of anilines is 1. The minimum absolute atomic E-state index is 0.0150. The van der Waals surface area contributed by atoms with Crippen molar-refractivity contribution in [2.75, 3.05) is 31.5 Å². The Morgan fingerprint density at radius 3 is 2.38 bits per heavy atom. The maximum absolute atomic E-state index is 12.6. The molecule has 0 spiro atoms. The van der Waals surface area contributed by atoms with Crippen molar-refractivity contribution in [1.29, 1.82) is 0 Å². The number of rotatable bonds is 4. The van der Waals surface area contributed by atoms with Crippen LogP contribution in [0.1, 0.15) is 35.3 Å². The molecule has 1 fully saturated rings. The van der Waals surface area contributed by atoms with Gasteiger partial charge in [-0.2, -0.15) is 0 Å². The van der Waals surface area contributed by atoms with Gasteiger partial charge in [0.1, 0.15) is 5.01 Å². The van der Waals surface area contributed by atoms with E-state index in [0.29, 0.717) is 24.3 Å². The van der Waals surface area contributed by atoms with E-state index in [9.17, 15) is 9.59 Å². The Kier molecular flexibility index (Phi) is 5.60. The van der Waals surface area contributed by atoms with E-state index >= 15 is 0 Å². The van der Waals surface area contributed by atoms with Crippen molar-refractivity contribution in [2.24, 2.45) is 0 Å². The minimum atomic E-state index is -0.104. The van der Waals surface area contributed by atoms with E-state index in [1.165, 1.54) is 11.6 Å². The number of thiazole rings is 1. The van der Waals surface area contributed by atoms with Gasteiger partial charge in [-0.1, -0.05) is 12.1 Å². The highest BCUT2D eigenvalue weighted by Crippen LogP contribution is 2.30. The number of ketones is 1. The van der Waals surface area contributed by atoms with Gasteiger partial charge < -0.3 is 10.2 Å². The van der Waals surface area contributed by atoms with Gasteiger partial charge in [0.25, 0.3) is 0 Å². The van der Waals surface area contributed by atoms with Gasteiger partial charge in [-0.3, -0.25) is 9.69 Å². The number of carbonyl (C=O) groups excluding carboxylic acids is 2. The lowest BCUT2D eigenvalue weighted by Gasteiger charge is -2.37. The highest BCUT2D eigenvalue weighted by molar-refractivity contribution is 7.18. The number of nitrogens with zero attached hydrogens (tertiary/aromatic N) is 3. The highest BCUT2D eigenvalue weighted by atomic mass is 32.1. The second-order valence-corrected chi connectivity index (χ2v) is 8.34. The molecule has 1 saturated heterocycles. The number of Topliss-reactive ketones (excluding diaryl/α,β-unsaturated/α-hetero) is 1. The van der Waals surface area contributed by atoms with Gasteiger partial charge >= 0.3 is 6.03 Å². The summed E-state index contributed by atoms with van der Waals surface area (Å²) in [5, 5.41) is 4.04. The Hall–Kier alpha value is -2.77. The molecule has 0 aliphatic carbocycles. The number of hydrogen-bond acceptors (Lipinski definition) is 5. The average molecular weight is 409 g/mol. The van der Waals surface area contributed by atoms with Gasteiger partial charge in [0.2, 0.25) is 0 Å². The van der Waals surface area contributed by atoms with Crippen LogP contribution in [-0.2, 0) is 0 Å². The molecule has 2 amide bonds. The van der Waals surface area contributed by atoms with Crippen LogP contribution in [0.15, 0.2) is 48.5 Å². The Bertz CT molecular complexity index is 990. The molecule has 1 unspecified atom stereocenters. The molecule has 1 aliphatic rings. The van der Waals surface area contributed by atoms with E-state index in [2.05, 4.69) is 23.2 Å². The third-order valence-corrected chi connectivity index (χ3v) is 6.57. The fourth-order valence-corrected chi connectivity index (χ4v) is 4.58. The van der Waals surface area contributed by atoms with E-state index in [-0.39, 0.29) is 17.9 Å². The standard InChI is InChI=1S/C22H24N4O2S/c1-15(21-24-19-5-3-4-6-20(19)29-21)25-11-13-26(14-12-25)22(28)23-18-9-7-17(8-10-18)16(2)27/h3-10,15H,11-14H2,1-2H3,(H,23,28). The van der Waals surface area contributed by atoms with Crippen LogP contribution in [0.5, 0.6) is 0 Å². The first-order valence-electron chi connectivity index (χ1n) is 9.78. The third kappa shape index (κ3) is 4.31. The third-order valence-electron chi connectivity index (χ3n) is 5.36. The quantitative estimate of drug-likeness (QED) is 0.650. The first-order chi connectivity index (χ1) is 14.0. The summed E-state index contributed by atoms with van der Waals surface area (Å²) in [7, 11) is 0. The van der Waals surface area contributed by atoms with Crippen LogP contribution in [0.4, 0.5) is 10.5 Å². The van der Waals surface area contributed by atoms with Crippen LogP contribution in [0.2, 0.25) is 0 Å². The van der Waals surface area contributed by atoms with Gasteiger partial charge in [-0.25, -0.2) is 9.78 Å². The highest BCUT2D eigenvalue weighted by Gasteiger charge is 2.26. The maximum atomic E-state index is 12.6. The number of carbonyl (C=O) groups is 2. The van der Waals surface area contributed by atoms with Gasteiger partial charge in [-0.15, -0.1) is 11.3 Å². The lowest BCUT2D eigenvalue weighted by molar-refractivity contribution is 0.101. The summed E-state index contributed by atoms with van der Waals surface area (Å²) in [5.41, 5.74) is 2.39. The van der Waals surface area contributed by atoms with Gasteiger partial charge in [0, 0.05) is 37.4 Å². The van der Waals surface area contributed by atoms with E-state index in [4.69, 9.17) is 4.98 Å². The predicted octanol–water partition coefficient (Wildman–Crippen LogP) is 4.41. The summed E-state index contributed by atoms with van der Waals surface area (Å²) < 4.78 is 1.21. The van der Waals surface area contributed by atoms with Crippen LogP contribution in [0.3, 0.4) is 0 Å². The first-order valence-corrected chi connectivity index (χ1v) is 10.6. The number of aromatic nitrogens is 1. The van der Waals surface area contributed by atoms with E-state index < -0.39 is 0 Å². The van der Waals surface area contributed by atoms with E-state index in [0.717, 1.165) is 23.6 Å². The molecule has 0 radical (unpaired) electrons. The average Bonchev–Trinajstić information content (AvgIpc) is 3.18. The van der Waals surface area contributed by atoms with Crippen LogP contribution in [0, 0.1) is 0 Å². The smallest absolute Gasteiger partial charge is 0.321 e. The molecule has 1 aliphatic heterocycles. The van der Waals surface area contributed by atoms with Crippen LogP contribution < -0.4 is 5.32 Å². The van der Waals surface area contributed by atoms with Crippen molar-refractivity contribution in [3.63, 3.8) is 0 Å². The minimum Gasteiger partial charge on any atom is -0.322 e. The molecule has 0 bridgehead atoms. The number of benzene rings is 2. The molecule has 2 aromatic carbocycles. The topological polar surface area (TPSA) is 65.5 Å². The molecule has 1 aromatic heterocycles. The van der Waals surface area contributed by atoms with Crippen molar-refractivity contribution >= 4 is 39.1 Å². The SMILES string of the molecule is CC(=O)c1ccc(NC(=O)N2CCN(C(C)c3nc4ccccc4s3)CC2)cc1. The van der Waals surface area contributed by atoms with Crippen LogP contribution in [0.25, 0.3) is 10.2 Å². The van der Waals surface area contributed by atoms with Crippen molar-refractivity contribution in [1.82, 2.24) is 14.8 Å². The number of para-hydroxylation sites is 1. The fourth-order valence-electron chi connectivity index (χ4n) is 3.53. The Labute approximate surface area is 174 Å². The molecule has 6 nitrogen and oxygen atoms in total. The Morgan fingerprint density at radius 2 is 1.72 bits per heavy atom. The van der Waals surface area contributed by atoms with Gasteiger partial charge in [0.15, 0.2) is 5.78 Å². The Morgan fingerprint density at radius 1 is 1.03 bits per heavy atom. The summed E-state index contributed by atoms with van der Waals surface area (Å²) in [4.78, 5) is 32.9. The lowest BCUT2D eigenvalue weighted by atomic mass is 10.1. The normalized spacial score (nSPS) is 16.0. The fraction of sp³-hybridized carbons (Fsp3) is 0.318. The molecule has 2 heterocycles. The molecule has 1 N–H and O–H groups in total. The molecular weight excluding hydrogens is 384 g/mol. The molecule has 150 valence electrons. The lowest BCUT2D eigenvalue weighted by Crippen LogP contribution is -2.50. The van der Waals surface area contributed by atoms with E-state index in [1.807, 2.05) is 23.1 Å². The molecule has 29 heavy (non-hydrogen) atoms. The zero-order valence-corrected chi connectivity index (χ0v) is 17.4. The van der Waals surface area contributed by atoms with Crippen molar-refractivity contribution in [3.8, 4) is 0 Å². The maximum Gasteiger partial charge on any atom is 0.321 e. The van der Waals surface area contributed by atoms with Crippen molar-refractivity contribution in [2.45, 2.75) is 19.9 Å².